The molecular weight excluding hydrogens is 200 g/mol. The average Bonchev–Trinajstić information content (AvgIpc) is 2.39. The Labute approximate surface area is 93.9 Å². The smallest absolute Gasteiger partial charge is 0.182 e. The van der Waals surface area contributed by atoms with Gasteiger partial charge in [0, 0.05) is 11.8 Å². The van der Waals surface area contributed by atoms with E-state index in [9.17, 15) is 0 Å². The minimum Gasteiger partial charge on any atom is -0.494 e. The first kappa shape index (κ1) is 10.2. The Bertz CT molecular complexity index is 529. The molecule has 0 aliphatic carbocycles. The van der Waals surface area contributed by atoms with Crippen LogP contribution in [0.3, 0.4) is 0 Å². The van der Waals surface area contributed by atoms with Gasteiger partial charge in [-0.1, -0.05) is 30.3 Å². The van der Waals surface area contributed by atoms with Crippen LogP contribution in [0.15, 0.2) is 42.6 Å². The van der Waals surface area contributed by atoms with Gasteiger partial charge in [0.15, 0.2) is 11.4 Å². The van der Waals surface area contributed by atoms with Crippen molar-refractivity contribution < 1.29 is 4.74 Å². The highest BCUT2D eigenvalue weighted by Crippen LogP contribution is 2.24. The van der Waals surface area contributed by atoms with E-state index in [-0.39, 0.29) is 0 Å². The number of ether oxygens (including phenoxy) is 1. The molecule has 0 radical (unpaired) electrons. The zero-order valence-corrected chi connectivity index (χ0v) is 8.84. The molecule has 3 nitrogen and oxygen atoms in total. The Balaban J connectivity index is 2.49. The van der Waals surface area contributed by atoms with Crippen LogP contribution in [-0.4, -0.2) is 12.1 Å². The summed E-state index contributed by atoms with van der Waals surface area (Å²) in [5, 5.41) is 8.82. The summed E-state index contributed by atoms with van der Waals surface area (Å²) in [5.74, 6) is 0.504. The first-order valence-electron chi connectivity index (χ1n) is 4.84. The first-order valence-corrected chi connectivity index (χ1v) is 4.84. The van der Waals surface area contributed by atoms with Crippen LogP contribution in [-0.2, 0) is 0 Å². The van der Waals surface area contributed by atoms with E-state index in [1.54, 1.807) is 6.20 Å². The van der Waals surface area contributed by atoms with Gasteiger partial charge in [-0.3, -0.25) is 0 Å². The molecule has 1 heterocycles. The number of aromatic nitrogens is 1. The third kappa shape index (κ3) is 1.86. The summed E-state index contributed by atoms with van der Waals surface area (Å²) < 4.78 is 5.11. The molecule has 0 unspecified atom stereocenters. The van der Waals surface area contributed by atoms with Gasteiger partial charge in [-0.05, 0) is 11.6 Å². The first-order chi connectivity index (χ1) is 7.85. The molecule has 1 aromatic heterocycles. The van der Waals surface area contributed by atoms with Crippen molar-refractivity contribution in [3.8, 4) is 22.9 Å². The van der Waals surface area contributed by atoms with Crippen molar-refractivity contribution in [1.82, 2.24) is 4.98 Å². The second-order valence-electron chi connectivity index (χ2n) is 3.25. The SMILES string of the molecule is COc1cc(-c2ccccc2)cnc1C#N. The number of hydrogen-bond acceptors (Lipinski definition) is 3. The second kappa shape index (κ2) is 4.45. The minimum absolute atomic E-state index is 0.308. The number of methoxy groups -OCH3 is 1. The summed E-state index contributed by atoms with van der Waals surface area (Å²) in [6.45, 7) is 0. The third-order valence-electron chi connectivity index (χ3n) is 2.29. The van der Waals surface area contributed by atoms with Crippen LogP contribution >= 0.6 is 0 Å². The van der Waals surface area contributed by atoms with Crippen molar-refractivity contribution >= 4 is 0 Å². The molecule has 0 amide bonds. The number of pyridine rings is 1. The lowest BCUT2D eigenvalue weighted by molar-refractivity contribution is 0.411. The number of hydrogen-bond donors (Lipinski definition) is 0. The van der Waals surface area contributed by atoms with Gasteiger partial charge in [0.25, 0.3) is 0 Å². The third-order valence-corrected chi connectivity index (χ3v) is 2.29. The summed E-state index contributed by atoms with van der Waals surface area (Å²) >= 11 is 0. The van der Waals surface area contributed by atoms with Crippen LogP contribution < -0.4 is 4.74 Å². The predicted octanol–water partition coefficient (Wildman–Crippen LogP) is 2.63. The molecule has 78 valence electrons. The lowest BCUT2D eigenvalue weighted by atomic mass is 10.1. The van der Waals surface area contributed by atoms with Gasteiger partial charge in [0.05, 0.1) is 7.11 Å². The zero-order valence-electron chi connectivity index (χ0n) is 8.84. The molecule has 16 heavy (non-hydrogen) atoms. The minimum atomic E-state index is 0.308. The van der Waals surface area contributed by atoms with Crippen LogP contribution in [0.2, 0.25) is 0 Å². The standard InChI is InChI=1S/C13H10N2O/c1-16-13-7-11(9-15-12(13)8-14)10-5-3-2-4-6-10/h2-7,9H,1H3. The van der Waals surface area contributed by atoms with Crippen molar-refractivity contribution in [2.24, 2.45) is 0 Å². The van der Waals surface area contributed by atoms with Gasteiger partial charge in [-0.15, -0.1) is 0 Å². The molecule has 2 rings (SSSR count). The Kier molecular flexibility index (Phi) is 2.84. The van der Waals surface area contributed by atoms with Gasteiger partial charge < -0.3 is 4.74 Å². The number of benzene rings is 1. The fraction of sp³-hybridized carbons (Fsp3) is 0.0769. The van der Waals surface area contributed by atoms with E-state index in [0.717, 1.165) is 11.1 Å². The topological polar surface area (TPSA) is 45.9 Å². The van der Waals surface area contributed by atoms with Gasteiger partial charge in [-0.25, -0.2) is 4.98 Å². The van der Waals surface area contributed by atoms with Gasteiger partial charge in [0.1, 0.15) is 6.07 Å². The maximum Gasteiger partial charge on any atom is 0.182 e. The quantitative estimate of drug-likeness (QED) is 0.765. The summed E-state index contributed by atoms with van der Waals surface area (Å²) in [4.78, 5) is 4.06. The number of nitriles is 1. The molecule has 2 aromatic rings. The van der Waals surface area contributed by atoms with Crippen molar-refractivity contribution in [1.29, 1.82) is 5.26 Å². The highest BCUT2D eigenvalue weighted by atomic mass is 16.5. The fourth-order valence-electron chi connectivity index (χ4n) is 1.47. The molecule has 0 saturated carbocycles. The van der Waals surface area contributed by atoms with Gasteiger partial charge >= 0.3 is 0 Å². The van der Waals surface area contributed by atoms with Crippen molar-refractivity contribution in [2.45, 2.75) is 0 Å². The summed E-state index contributed by atoms with van der Waals surface area (Å²) in [6.07, 6.45) is 1.68. The number of rotatable bonds is 2. The zero-order chi connectivity index (χ0) is 11.4. The van der Waals surface area contributed by atoms with E-state index in [0.29, 0.717) is 11.4 Å². The molecule has 0 saturated heterocycles. The highest BCUT2D eigenvalue weighted by Gasteiger charge is 2.06. The Hall–Kier alpha value is -2.34. The maximum atomic E-state index is 8.82. The molecule has 0 bridgehead atoms. The van der Waals surface area contributed by atoms with Crippen LogP contribution in [0.5, 0.6) is 5.75 Å². The number of nitrogens with zero attached hydrogens (tertiary/aromatic N) is 2. The van der Waals surface area contributed by atoms with Gasteiger partial charge in [0.2, 0.25) is 0 Å². The normalized spacial score (nSPS) is 9.50. The van der Waals surface area contributed by atoms with Crippen molar-refractivity contribution in [2.75, 3.05) is 7.11 Å². The summed E-state index contributed by atoms with van der Waals surface area (Å²) in [6, 6.07) is 13.7. The van der Waals surface area contributed by atoms with E-state index in [2.05, 4.69) is 4.98 Å². The summed E-state index contributed by atoms with van der Waals surface area (Å²) in [7, 11) is 1.53. The second-order valence-corrected chi connectivity index (χ2v) is 3.25. The van der Waals surface area contributed by atoms with E-state index in [4.69, 9.17) is 10.00 Å². The highest BCUT2D eigenvalue weighted by molar-refractivity contribution is 5.65. The van der Waals surface area contributed by atoms with Crippen molar-refractivity contribution in [3.05, 3.63) is 48.3 Å². The van der Waals surface area contributed by atoms with Gasteiger partial charge in [-0.2, -0.15) is 5.26 Å². The van der Waals surface area contributed by atoms with E-state index >= 15 is 0 Å². The fourth-order valence-corrected chi connectivity index (χ4v) is 1.47. The molecule has 0 aliphatic rings. The largest absolute Gasteiger partial charge is 0.494 e. The van der Waals surface area contributed by atoms with Crippen LogP contribution in [0, 0.1) is 11.3 Å². The Morgan fingerprint density at radius 3 is 2.56 bits per heavy atom. The average molecular weight is 210 g/mol. The molecule has 0 spiro atoms. The predicted molar refractivity (Wildman–Crippen MR) is 60.9 cm³/mol. The van der Waals surface area contributed by atoms with Crippen LogP contribution in [0.1, 0.15) is 5.69 Å². The summed E-state index contributed by atoms with van der Waals surface area (Å²) in [5.41, 5.74) is 2.30. The van der Waals surface area contributed by atoms with E-state index < -0.39 is 0 Å². The van der Waals surface area contributed by atoms with E-state index in [1.807, 2.05) is 42.5 Å². The molecule has 0 fully saturated rings. The molecule has 0 aliphatic heterocycles. The monoisotopic (exact) mass is 210 g/mol. The van der Waals surface area contributed by atoms with E-state index in [1.165, 1.54) is 7.11 Å². The van der Waals surface area contributed by atoms with Crippen LogP contribution in [0.4, 0.5) is 0 Å². The van der Waals surface area contributed by atoms with Crippen LogP contribution in [0.25, 0.3) is 11.1 Å². The van der Waals surface area contributed by atoms with Crippen molar-refractivity contribution in [3.63, 3.8) is 0 Å². The molecule has 1 aromatic carbocycles. The lowest BCUT2D eigenvalue weighted by Crippen LogP contribution is -1.92. The molecule has 3 heteroatoms. The molecule has 0 atom stereocenters. The Morgan fingerprint density at radius 1 is 1.19 bits per heavy atom. The molecule has 0 N–H and O–H groups in total. The lowest BCUT2D eigenvalue weighted by Gasteiger charge is -2.05. The molecular formula is C13H10N2O. The Morgan fingerprint density at radius 2 is 1.94 bits per heavy atom. The maximum absolute atomic E-state index is 8.82.